The number of para-hydroxylation sites is 2. The van der Waals surface area contributed by atoms with E-state index in [2.05, 4.69) is 15.5 Å². The van der Waals surface area contributed by atoms with Gasteiger partial charge in [-0.15, -0.1) is 10.2 Å². The van der Waals surface area contributed by atoms with Crippen molar-refractivity contribution in [3.63, 3.8) is 0 Å². The van der Waals surface area contributed by atoms with Crippen molar-refractivity contribution in [1.29, 1.82) is 0 Å². The smallest absolute Gasteiger partial charge is 0.237 e. The van der Waals surface area contributed by atoms with Crippen molar-refractivity contribution in [2.24, 2.45) is 0 Å². The molecule has 1 unspecified atom stereocenters. The van der Waals surface area contributed by atoms with Crippen molar-refractivity contribution in [3.05, 3.63) is 95.3 Å². The van der Waals surface area contributed by atoms with Crippen molar-refractivity contribution in [3.8, 4) is 11.4 Å². The Hall–Kier alpha value is -3.58. The van der Waals surface area contributed by atoms with Crippen LogP contribution in [-0.4, -0.2) is 25.9 Å². The Morgan fingerprint density at radius 2 is 1.62 bits per heavy atom. The number of hydrogen-bond donors (Lipinski definition) is 1. The number of aryl methyl sites for hydroxylation is 3. The Balaban J connectivity index is 1.57. The van der Waals surface area contributed by atoms with Crippen LogP contribution in [0.5, 0.6) is 5.75 Å². The number of thioether (sulfide) groups is 1. The summed E-state index contributed by atoms with van der Waals surface area (Å²) >= 11 is 1.37. The van der Waals surface area contributed by atoms with E-state index in [4.69, 9.17) is 4.74 Å². The largest absolute Gasteiger partial charge is 0.486 e. The van der Waals surface area contributed by atoms with Gasteiger partial charge in [0.05, 0.1) is 5.25 Å². The molecule has 4 rings (SSSR count). The number of rotatable bonds is 8. The highest BCUT2D eigenvalue weighted by Gasteiger charge is 2.22. The van der Waals surface area contributed by atoms with Crippen molar-refractivity contribution in [2.45, 2.75) is 44.7 Å². The third-order valence-corrected chi connectivity index (χ3v) is 6.53. The van der Waals surface area contributed by atoms with E-state index in [1.54, 1.807) is 0 Å². The summed E-state index contributed by atoms with van der Waals surface area (Å²) in [5.41, 5.74) is 5.01. The van der Waals surface area contributed by atoms with Crippen molar-refractivity contribution >= 4 is 23.4 Å². The van der Waals surface area contributed by atoms with Gasteiger partial charge in [0, 0.05) is 11.4 Å². The van der Waals surface area contributed by atoms with E-state index in [0.29, 0.717) is 11.0 Å². The number of carbonyl (C=O) groups excluding carboxylic acids is 1. The lowest BCUT2D eigenvalue weighted by Gasteiger charge is -2.16. The fourth-order valence-corrected chi connectivity index (χ4v) is 4.42. The van der Waals surface area contributed by atoms with Crippen LogP contribution in [0.3, 0.4) is 0 Å². The first-order valence-electron chi connectivity index (χ1n) is 11.2. The molecule has 0 aliphatic heterocycles. The molecule has 1 amide bonds. The van der Waals surface area contributed by atoms with Gasteiger partial charge in [-0.05, 0) is 63.1 Å². The second kappa shape index (κ2) is 10.6. The van der Waals surface area contributed by atoms with Gasteiger partial charge in [-0.1, -0.05) is 65.9 Å². The second-order valence-corrected chi connectivity index (χ2v) is 9.50. The topological polar surface area (TPSA) is 69.0 Å². The number of nitrogens with one attached hydrogen (secondary N) is 1. The number of benzene rings is 3. The maximum atomic E-state index is 13.0. The molecule has 0 aliphatic rings. The van der Waals surface area contributed by atoms with Gasteiger partial charge < -0.3 is 10.1 Å². The first-order chi connectivity index (χ1) is 16.4. The molecular weight excluding hydrogens is 444 g/mol. The third-order valence-electron chi connectivity index (χ3n) is 5.48. The van der Waals surface area contributed by atoms with Crippen LogP contribution in [-0.2, 0) is 11.4 Å². The molecule has 4 aromatic rings. The van der Waals surface area contributed by atoms with Crippen LogP contribution < -0.4 is 10.1 Å². The highest BCUT2D eigenvalue weighted by atomic mass is 32.2. The lowest BCUT2D eigenvalue weighted by atomic mass is 10.1. The number of ether oxygens (including phenoxy) is 1. The van der Waals surface area contributed by atoms with Gasteiger partial charge in [0.25, 0.3) is 0 Å². The van der Waals surface area contributed by atoms with Crippen molar-refractivity contribution in [1.82, 2.24) is 14.8 Å². The maximum Gasteiger partial charge on any atom is 0.237 e. The SMILES string of the molecule is Cc1ccc(-n2c(COc3ccccc3)nnc2SC(C)C(=O)Nc2c(C)cccc2C)cc1. The van der Waals surface area contributed by atoms with E-state index >= 15 is 0 Å². The summed E-state index contributed by atoms with van der Waals surface area (Å²) in [5.74, 6) is 1.34. The molecule has 1 heterocycles. The number of anilines is 1. The van der Waals surface area contributed by atoms with Gasteiger partial charge in [-0.25, -0.2) is 0 Å². The standard InChI is InChI=1S/C27H28N4O2S/c1-18-13-15-22(16-14-18)31-24(17-33-23-11-6-5-7-12-23)29-30-27(31)34-21(4)26(32)28-25-19(2)9-8-10-20(25)3/h5-16,21H,17H2,1-4H3,(H,28,32). The molecule has 7 heteroatoms. The van der Waals surface area contributed by atoms with Crippen LogP contribution in [0.15, 0.2) is 78.0 Å². The molecule has 34 heavy (non-hydrogen) atoms. The summed E-state index contributed by atoms with van der Waals surface area (Å²) in [6.07, 6.45) is 0. The minimum atomic E-state index is -0.379. The molecule has 0 spiro atoms. The minimum Gasteiger partial charge on any atom is -0.486 e. The highest BCUT2D eigenvalue weighted by molar-refractivity contribution is 8.00. The molecule has 174 valence electrons. The quantitative estimate of drug-likeness (QED) is 0.324. The predicted molar refractivity (Wildman–Crippen MR) is 137 cm³/mol. The number of nitrogens with zero attached hydrogens (tertiary/aromatic N) is 3. The molecule has 1 aromatic heterocycles. The van der Waals surface area contributed by atoms with Crippen LogP contribution in [0.1, 0.15) is 29.4 Å². The van der Waals surface area contributed by atoms with Crippen LogP contribution in [0, 0.1) is 20.8 Å². The summed E-state index contributed by atoms with van der Waals surface area (Å²) in [6.45, 7) is 8.17. The first-order valence-corrected chi connectivity index (χ1v) is 12.0. The average molecular weight is 473 g/mol. The van der Waals surface area contributed by atoms with Gasteiger partial charge in [-0.3, -0.25) is 9.36 Å². The van der Waals surface area contributed by atoms with E-state index < -0.39 is 0 Å². The number of carbonyl (C=O) groups is 1. The molecular formula is C27H28N4O2S. The van der Waals surface area contributed by atoms with Gasteiger partial charge in [0.2, 0.25) is 5.91 Å². The molecule has 1 N–H and O–H groups in total. The van der Waals surface area contributed by atoms with Gasteiger partial charge >= 0.3 is 0 Å². The monoisotopic (exact) mass is 472 g/mol. The van der Waals surface area contributed by atoms with E-state index in [-0.39, 0.29) is 17.8 Å². The Kier molecular flexibility index (Phi) is 7.33. The minimum absolute atomic E-state index is 0.0806. The zero-order chi connectivity index (χ0) is 24.1. The van der Waals surface area contributed by atoms with E-state index in [1.807, 2.05) is 105 Å². The summed E-state index contributed by atoms with van der Waals surface area (Å²) in [5, 5.41) is 12.1. The molecule has 0 fully saturated rings. The first kappa shape index (κ1) is 23.6. The zero-order valence-corrected chi connectivity index (χ0v) is 20.6. The van der Waals surface area contributed by atoms with Gasteiger partial charge in [0.15, 0.2) is 11.0 Å². The Bertz CT molecular complexity index is 1250. The molecule has 0 aliphatic carbocycles. The van der Waals surface area contributed by atoms with Crippen LogP contribution in [0.2, 0.25) is 0 Å². The second-order valence-electron chi connectivity index (χ2n) is 8.19. The van der Waals surface area contributed by atoms with Crippen molar-refractivity contribution in [2.75, 3.05) is 5.32 Å². The fraction of sp³-hybridized carbons (Fsp3) is 0.222. The summed E-state index contributed by atoms with van der Waals surface area (Å²) in [7, 11) is 0. The summed E-state index contributed by atoms with van der Waals surface area (Å²) < 4.78 is 7.89. The highest BCUT2D eigenvalue weighted by Crippen LogP contribution is 2.28. The Morgan fingerprint density at radius 3 is 2.29 bits per heavy atom. The molecule has 1 atom stereocenters. The predicted octanol–water partition coefficient (Wildman–Crippen LogP) is 5.89. The number of aromatic nitrogens is 3. The Morgan fingerprint density at radius 1 is 0.941 bits per heavy atom. The molecule has 6 nitrogen and oxygen atoms in total. The lowest BCUT2D eigenvalue weighted by molar-refractivity contribution is -0.115. The van der Waals surface area contributed by atoms with E-state index in [1.165, 1.54) is 11.8 Å². The van der Waals surface area contributed by atoms with Crippen LogP contribution in [0.4, 0.5) is 5.69 Å². The molecule has 0 saturated carbocycles. The molecule has 0 radical (unpaired) electrons. The van der Waals surface area contributed by atoms with Gasteiger partial charge in [0.1, 0.15) is 12.4 Å². The van der Waals surface area contributed by atoms with Gasteiger partial charge in [-0.2, -0.15) is 0 Å². The van der Waals surface area contributed by atoms with E-state index in [9.17, 15) is 4.79 Å². The zero-order valence-electron chi connectivity index (χ0n) is 19.8. The third kappa shape index (κ3) is 5.48. The van der Waals surface area contributed by atoms with Crippen LogP contribution in [0.25, 0.3) is 5.69 Å². The maximum absolute atomic E-state index is 13.0. The average Bonchev–Trinajstić information content (AvgIpc) is 3.23. The summed E-state index contributed by atoms with van der Waals surface area (Å²) in [4.78, 5) is 13.0. The normalized spacial score (nSPS) is 11.8. The fourth-order valence-electron chi connectivity index (χ4n) is 3.54. The molecule has 0 bridgehead atoms. The number of amides is 1. The lowest BCUT2D eigenvalue weighted by Crippen LogP contribution is -2.24. The Labute approximate surface area is 204 Å². The van der Waals surface area contributed by atoms with Crippen LogP contribution >= 0.6 is 11.8 Å². The van der Waals surface area contributed by atoms with E-state index in [0.717, 1.165) is 33.8 Å². The number of hydrogen-bond acceptors (Lipinski definition) is 5. The molecule has 0 saturated heterocycles. The molecule has 3 aromatic carbocycles. The van der Waals surface area contributed by atoms with Crippen molar-refractivity contribution < 1.29 is 9.53 Å². The summed E-state index contributed by atoms with van der Waals surface area (Å²) in [6, 6.07) is 23.7.